The van der Waals surface area contributed by atoms with E-state index in [-0.39, 0.29) is 12.1 Å². The van der Waals surface area contributed by atoms with Crippen LogP contribution in [0, 0.1) is 5.92 Å². The third-order valence-electron chi connectivity index (χ3n) is 3.82. The zero-order valence-corrected chi connectivity index (χ0v) is 13.9. The molecular weight excluding hydrogens is 363 g/mol. The number of primary amides is 2. The molecule has 0 radical (unpaired) electrons. The Hall–Kier alpha value is -3.36. The number of rotatable bonds is 6. The van der Waals surface area contributed by atoms with Crippen LogP contribution in [-0.2, 0) is 22.2 Å². The molecule has 5 N–H and O–H groups in total. The Morgan fingerprint density at radius 3 is 2.00 bits per heavy atom. The minimum atomic E-state index is -4.66. The number of amides is 3. The van der Waals surface area contributed by atoms with E-state index >= 15 is 0 Å². The molecule has 0 aliphatic carbocycles. The Balaban J connectivity index is 2.15. The SMILES string of the molecule is NC(=O)C(Cc1ccc(NC(=O)c2ccccc2C(F)(F)F)cc1)C(N)=O. The van der Waals surface area contributed by atoms with E-state index in [0.717, 1.165) is 12.1 Å². The van der Waals surface area contributed by atoms with E-state index in [9.17, 15) is 27.6 Å². The van der Waals surface area contributed by atoms with E-state index in [4.69, 9.17) is 11.5 Å². The molecule has 0 unspecified atom stereocenters. The number of carbonyl (C=O) groups excluding carboxylic acids is 3. The number of hydrogen-bond acceptors (Lipinski definition) is 3. The summed E-state index contributed by atoms with van der Waals surface area (Å²) in [6.07, 6.45) is -4.67. The molecule has 142 valence electrons. The third kappa shape index (κ3) is 5.06. The number of nitrogens with two attached hydrogens (primary N) is 2. The number of alkyl halides is 3. The Morgan fingerprint density at radius 1 is 0.926 bits per heavy atom. The Morgan fingerprint density at radius 2 is 1.48 bits per heavy atom. The van der Waals surface area contributed by atoms with Crippen molar-refractivity contribution in [1.29, 1.82) is 0 Å². The van der Waals surface area contributed by atoms with Gasteiger partial charge in [0, 0.05) is 5.69 Å². The van der Waals surface area contributed by atoms with Gasteiger partial charge in [-0.3, -0.25) is 14.4 Å². The van der Waals surface area contributed by atoms with Gasteiger partial charge in [-0.05, 0) is 36.2 Å². The molecule has 2 aromatic carbocycles. The van der Waals surface area contributed by atoms with Crippen LogP contribution in [0.4, 0.5) is 18.9 Å². The first-order valence-electron chi connectivity index (χ1n) is 7.74. The van der Waals surface area contributed by atoms with Crippen molar-refractivity contribution in [2.45, 2.75) is 12.6 Å². The van der Waals surface area contributed by atoms with E-state index in [1.165, 1.54) is 36.4 Å². The lowest BCUT2D eigenvalue weighted by Crippen LogP contribution is -2.36. The minimum Gasteiger partial charge on any atom is -0.369 e. The van der Waals surface area contributed by atoms with Crippen LogP contribution in [0.3, 0.4) is 0 Å². The molecule has 0 bridgehead atoms. The highest BCUT2D eigenvalue weighted by atomic mass is 19.4. The van der Waals surface area contributed by atoms with Crippen LogP contribution in [-0.4, -0.2) is 17.7 Å². The van der Waals surface area contributed by atoms with Crippen LogP contribution in [0.1, 0.15) is 21.5 Å². The van der Waals surface area contributed by atoms with E-state index in [1.807, 2.05) is 0 Å². The summed E-state index contributed by atoms with van der Waals surface area (Å²) in [4.78, 5) is 34.6. The van der Waals surface area contributed by atoms with Crippen molar-refractivity contribution in [3.05, 3.63) is 65.2 Å². The molecule has 0 aliphatic rings. The van der Waals surface area contributed by atoms with Crippen molar-refractivity contribution in [1.82, 2.24) is 0 Å². The van der Waals surface area contributed by atoms with E-state index < -0.39 is 40.9 Å². The average molecular weight is 379 g/mol. The van der Waals surface area contributed by atoms with Gasteiger partial charge in [-0.1, -0.05) is 24.3 Å². The van der Waals surface area contributed by atoms with Crippen molar-refractivity contribution in [2.75, 3.05) is 5.32 Å². The summed E-state index contributed by atoms with van der Waals surface area (Å²) >= 11 is 0. The first-order valence-corrected chi connectivity index (χ1v) is 7.74. The fraction of sp³-hybridized carbons (Fsp3) is 0.167. The topological polar surface area (TPSA) is 115 Å². The van der Waals surface area contributed by atoms with Crippen molar-refractivity contribution in [2.24, 2.45) is 17.4 Å². The van der Waals surface area contributed by atoms with Gasteiger partial charge in [0.1, 0.15) is 5.92 Å². The molecule has 0 saturated heterocycles. The van der Waals surface area contributed by atoms with Gasteiger partial charge >= 0.3 is 6.18 Å². The Kier molecular flexibility index (Phi) is 5.84. The highest BCUT2D eigenvalue weighted by molar-refractivity contribution is 6.05. The summed E-state index contributed by atoms with van der Waals surface area (Å²) in [5.74, 6) is -3.81. The van der Waals surface area contributed by atoms with Crippen LogP contribution < -0.4 is 16.8 Å². The maximum Gasteiger partial charge on any atom is 0.417 e. The summed E-state index contributed by atoms with van der Waals surface area (Å²) < 4.78 is 39.0. The van der Waals surface area contributed by atoms with Crippen LogP contribution in [0.2, 0.25) is 0 Å². The van der Waals surface area contributed by atoms with Crippen LogP contribution in [0.5, 0.6) is 0 Å². The van der Waals surface area contributed by atoms with Gasteiger partial charge in [0.25, 0.3) is 5.91 Å². The summed E-state index contributed by atoms with van der Waals surface area (Å²) in [7, 11) is 0. The summed E-state index contributed by atoms with van der Waals surface area (Å²) in [5.41, 5.74) is 9.47. The number of hydrogen-bond donors (Lipinski definition) is 3. The number of benzene rings is 2. The van der Waals surface area contributed by atoms with Gasteiger partial charge < -0.3 is 16.8 Å². The minimum absolute atomic E-state index is 0.0181. The second-order valence-electron chi connectivity index (χ2n) is 5.76. The van der Waals surface area contributed by atoms with Crippen molar-refractivity contribution < 1.29 is 27.6 Å². The summed E-state index contributed by atoms with van der Waals surface area (Å²) in [5, 5.41) is 2.37. The molecule has 0 spiro atoms. The average Bonchev–Trinajstić information content (AvgIpc) is 2.59. The zero-order chi connectivity index (χ0) is 20.2. The van der Waals surface area contributed by atoms with Crippen LogP contribution >= 0.6 is 0 Å². The standard InChI is InChI=1S/C18H16F3N3O3/c19-18(20,21)14-4-2-1-3-12(14)17(27)24-11-7-5-10(6-8-11)9-13(15(22)25)16(23)26/h1-8,13H,9H2,(H2,22,25)(H2,23,26)(H,24,27). The molecule has 0 aliphatic heterocycles. The van der Waals surface area contributed by atoms with Gasteiger partial charge in [-0.2, -0.15) is 13.2 Å². The number of nitrogens with one attached hydrogen (secondary N) is 1. The maximum absolute atomic E-state index is 13.0. The number of halogens is 3. The molecule has 0 fully saturated rings. The quantitative estimate of drug-likeness (QED) is 0.668. The van der Waals surface area contributed by atoms with Crippen LogP contribution in [0.15, 0.2) is 48.5 Å². The molecule has 0 aromatic heterocycles. The molecule has 2 rings (SSSR count). The van der Waals surface area contributed by atoms with Crippen molar-refractivity contribution >= 4 is 23.4 Å². The Labute approximate surface area is 152 Å². The molecule has 0 saturated carbocycles. The lowest BCUT2D eigenvalue weighted by Gasteiger charge is -2.13. The predicted molar refractivity (Wildman–Crippen MR) is 91.4 cm³/mol. The first kappa shape index (κ1) is 20.0. The fourth-order valence-corrected chi connectivity index (χ4v) is 2.43. The molecule has 2 aromatic rings. The molecular formula is C18H16F3N3O3. The molecule has 27 heavy (non-hydrogen) atoms. The largest absolute Gasteiger partial charge is 0.417 e. The molecule has 0 atom stereocenters. The van der Waals surface area contributed by atoms with Crippen molar-refractivity contribution in [3.63, 3.8) is 0 Å². The lowest BCUT2D eigenvalue weighted by atomic mass is 9.98. The monoisotopic (exact) mass is 379 g/mol. The second-order valence-corrected chi connectivity index (χ2v) is 5.76. The maximum atomic E-state index is 13.0. The number of carbonyl (C=O) groups is 3. The van der Waals surface area contributed by atoms with Crippen molar-refractivity contribution in [3.8, 4) is 0 Å². The Bertz CT molecular complexity index is 850. The lowest BCUT2D eigenvalue weighted by molar-refractivity contribution is -0.138. The van der Waals surface area contributed by atoms with Gasteiger partial charge in [0.05, 0.1) is 11.1 Å². The normalized spacial score (nSPS) is 11.3. The number of anilines is 1. The van der Waals surface area contributed by atoms with Gasteiger partial charge in [-0.25, -0.2) is 0 Å². The van der Waals surface area contributed by atoms with Crippen LogP contribution in [0.25, 0.3) is 0 Å². The molecule has 6 nitrogen and oxygen atoms in total. The van der Waals surface area contributed by atoms with E-state index in [0.29, 0.717) is 5.56 Å². The summed E-state index contributed by atoms with van der Waals surface area (Å²) in [6.45, 7) is 0. The smallest absolute Gasteiger partial charge is 0.369 e. The van der Waals surface area contributed by atoms with Gasteiger partial charge in [0.15, 0.2) is 0 Å². The highest BCUT2D eigenvalue weighted by Crippen LogP contribution is 2.32. The first-order chi connectivity index (χ1) is 12.6. The van der Waals surface area contributed by atoms with Gasteiger partial charge in [0.2, 0.25) is 11.8 Å². The molecule has 3 amide bonds. The highest BCUT2D eigenvalue weighted by Gasteiger charge is 2.34. The third-order valence-corrected chi connectivity index (χ3v) is 3.82. The summed E-state index contributed by atoms with van der Waals surface area (Å²) in [6, 6.07) is 10.3. The van der Waals surface area contributed by atoms with E-state index in [2.05, 4.69) is 5.32 Å². The zero-order valence-electron chi connectivity index (χ0n) is 13.9. The second kappa shape index (κ2) is 7.90. The fourth-order valence-electron chi connectivity index (χ4n) is 2.43. The van der Waals surface area contributed by atoms with E-state index in [1.54, 1.807) is 0 Å². The molecule has 0 heterocycles. The molecule has 9 heteroatoms. The van der Waals surface area contributed by atoms with Gasteiger partial charge in [-0.15, -0.1) is 0 Å². The predicted octanol–water partition coefficient (Wildman–Crippen LogP) is 2.09.